The standard InChI is InChI=1S/C13H16IN3/c1-2-9-17-11(7-8-16-17)10-15-13-6-4-3-5-12(13)14/h3-8,15H,2,9-10H2,1H3. The van der Waals surface area contributed by atoms with Gasteiger partial charge in [-0.1, -0.05) is 19.1 Å². The zero-order chi connectivity index (χ0) is 12.1. The van der Waals surface area contributed by atoms with Gasteiger partial charge in [0.15, 0.2) is 0 Å². The van der Waals surface area contributed by atoms with Crippen molar-refractivity contribution in [2.45, 2.75) is 26.4 Å². The van der Waals surface area contributed by atoms with Gasteiger partial charge in [-0.25, -0.2) is 0 Å². The summed E-state index contributed by atoms with van der Waals surface area (Å²) in [6.45, 7) is 3.97. The summed E-state index contributed by atoms with van der Waals surface area (Å²) in [6.07, 6.45) is 2.97. The number of aromatic nitrogens is 2. The van der Waals surface area contributed by atoms with E-state index in [0.717, 1.165) is 19.5 Å². The second kappa shape index (κ2) is 6.05. The van der Waals surface area contributed by atoms with Gasteiger partial charge in [0.1, 0.15) is 0 Å². The van der Waals surface area contributed by atoms with Crippen LogP contribution in [0.2, 0.25) is 0 Å². The van der Waals surface area contributed by atoms with Gasteiger partial charge < -0.3 is 5.32 Å². The molecule has 0 aliphatic rings. The molecule has 2 aromatic rings. The first-order valence-electron chi connectivity index (χ1n) is 5.80. The number of halogens is 1. The van der Waals surface area contributed by atoms with Crippen molar-refractivity contribution in [2.24, 2.45) is 0 Å². The predicted octanol–water partition coefficient (Wildman–Crippen LogP) is 3.51. The number of hydrogen-bond acceptors (Lipinski definition) is 2. The molecule has 4 heteroatoms. The SMILES string of the molecule is CCCn1nccc1CNc1ccccc1I. The molecular weight excluding hydrogens is 325 g/mol. The quantitative estimate of drug-likeness (QED) is 0.844. The molecule has 17 heavy (non-hydrogen) atoms. The van der Waals surface area contributed by atoms with E-state index >= 15 is 0 Å². The minimum atomic E-state index is 0.819. The third-order valence-electron chi connectivity index (χ3n) is 2.57. The Balaban J connectivity index is 2.02. The van der Waals surface area contributed by atoms with E-state index in [0.29, 0.717) is 0 Å². The molecule has 1 N–H and O–H groups in total. The van der Waals surface area contributed by atoms with E-state index in [-0.39, 0.29) is 0 Å². The molecule has 0 unspecified atom stereocenters. The maximum Gasteiger partial charge on any atom is 0.0575 e. The van der Waals surface area contributed by atoms with Crippen molar-refractivity contribution < 1.29 is 0 Å². The van der Waals surface area contributed by atoms with E-state index in [1.54, 1.807) is 0 Å². The summed E-state index contributed by atoms with van der Waals surface area (Å²) in [6, 6.07) is 10.4. The molecule has 0 fully saturated rings. The molecule has 0 radical (unpaired) electrons. The van der Waals surface area contributed by atoms with Gasteiger partial charge >= 0.3 is 0 Å². The van der Waals surface area contributed by atoms with Crippen LogP contribution in [-0.2, 0) is 13.1 Å². The Kier molecular flexibility index (Phi) is 4.42. The van der Waals surface area contributed by atoms with Gasteiger partial charge in [-0.2, -0.15) is 5.10 Å². The molecule has 1 aromatic carbocycles. The first-order valence-corrected chi connectivity index (χ1v) is 6.88. The zero-order valence-electron chi connectivity index (χ0n) is 9.86. The van der Waals surface area contributed by atoms with Gasteiger partial charge in [0.25, 0.3) is 0 Å². The molecule has 90 valence electrons. The number of rotatable bonds is 5. The van der Waals surface area contributed by atoms with E-state index in [4.69, 9.17) is 0 Å². The van der Waals surface area contributed by atoms with Crippen molar-refractivity contribution in [3.63, 3.8) is 0 Å². The van der Waals surface area contributed by atoms with Gasteiger partial charge in [-0.3, -0.25) is 4.68 Å². The van der Waals surface area contributed by atoms with Crippen LogP contribution in [0.3, 0.4) is 0 Å². The summed E-state index contributed by atoms with van der Waals surface area (Å²) in [7, 11) is 0. The van der Waals surface area contributed by atoms with Crippen LogP contribution < -0.4 is 5.32 Å². The van der Waals surface area contributed by atoms with Crippen LogP contribution in [0.15, 0.2) is 36.5 Å². The molecule has 0 amide bonds. The van der Waals surface area contributed by atoms with Crippen molar-refractivity contribution in [2.75, 3.05) is 5.32 Å². The number of anilines is 1. The number of aryl methyl sites for hydroxylation is 1. The lowest BCUT2D eigenvalue weighted by Crippen LogP contribution is -2.09. The topological polar surface area (TPSA) is 29.9 Å². The Morgan fingerprint density at radius 1 is 1.29 bits per heavy atom. The Bertz CT molecular complexity index is 479. The van der Waals surface area contributed by atoms with Gasteiger partial charge in [0.2, 0.25) is 0 Å². The first kappa shape index (κ1) is 12.4. The minimum absolute atomic E-state index is 0.819. The fourth-order valence-electron chi connectivity index (χ4n) is 1.71. The second-order valence-corrected chi connectivity index (χ2v) is 5.04. The average molecular weight is 341 g/mol. The summed E-state index contributed by atoms with van der Waals surface area (Å²) in [5.41, 5.74) is 2.41. The maximum atomic E-state index is 4.32. The van der Waals surface area contributed by atoms with Crippen LogP contribution in [-0.4, -0.2) is 9.78 Å². The summed E-state index contributed by atoms with van der Waals surface area (Å²) < 4.78 is 3.30. The maximum absolute atomic E-state index is 4.32. The number of hydrogen-bond donors (Lipinski definition) is 1. The average Bonchev–Trinajstić information content (AvgIpc) is 2.76. The van der Waals surface area contributed by atoms with Crippen molar-refractivity contribution >= 4 is 28.3 Å². The summed E-state index contributed by atoms with van der Waals surface area (Å²) in [5, 5.41) is 7.76. The molecule has 0 spiro atoms. The zero-order valence-corrected chi connectivity index (χ0v) is 12.0. The van der Waals surface area contributed by atoms with Gasteiger partial charge in [-0.05, 0) is 47.2 Å². The molecule has 0 aliphatic heterocycles. The Morgan fingerprint density at radius 2 is 2.12 bits per heavy atom. The molecular formula is C13H16IN3. The van der Waals surface area contributed by atoms with Crippen LogP contribution in [0.4, 0.5) is 5.69 Å². The van der Waals surface area contributed by atoms with Crippen molar-refractivity contribution in [3.8, 4) is 0 Å². The molecule has 3 nitrogen and oxygen atoms in total. The Labute approximate surface area is 115 Å². The molecule has 1 heterocycles. The molecule has 0 saturated heterocycles. The number of nitrogens with zero attached hydrogens (tertiary/aromatic N) is 2. The third-order valence-corrected chi connectivity index (χ3v) is 3.51. The third kappa shape index (κ3) is 3.21. The smallest absolute Gasteiger partial charge is 0.0575 e. The molecule has 0 bridgehead atoms. The van der Waals surface area contributed by atoms with Gasteiger partial charge in [0, 0.05) is 22.0 Å². The van der Waals surface area contributed by atoms with Gasteiger partial charge in [-0.15, -0.1) is 0 Å². The summed E-state index contributed by atoms with van der Waals surface area (Å²) in [5.74, 6) is 0. The van der Waals surface area contributed by atoms with Crippen LogP contribution in [0, 0.1) is 3.57 Å². The van der Waals surface area contributed by atoms with E-state index in [1.807, 2.05) is 18.3 Å². The molecule has 2 rings (SSSR count). The predicted molar refractivity (Wildman–Crippen MR) is 79.0 cm³/mol. The Hall–Kier alpha value is -1.04. The van der Waals surface area contributed by atoms with Crippen molar-refractivity contribution in [3.05, 3.63) is 45.8 Å². The van der Waals surface area contributed by atoms with Crippen molar-refractivity contribution in [1.29, 1.82) is 0 Å². The summed E-state index contributed by atoms with van der Waals surface area (Å²) in [4.78, 5) is 0. The number of para-hydroxylation sites is 1. The van der Waals surface area contributed by atoms with E-state index in [1.165, 1.54) is 15.0 Å². The first-order chi connectivity index (χ1) is 8.31. The lowest BCUT2D eigenvalue weighted by molar-refractivity contribution is 0.578. The highest BCUT2D eigenvalue weighted by molar-refractivity contribution is 14.1. The lowest BCUT2D eigenvalue weighted by Gasteiger charge is -2.10. The highest BCUT2D eigenvalue weighted by atomic mass is 127. The molecule has 0 aliphatic carbocycles. The highest BCUT2D eigenvalue weighted by Crippen LogP contribution is 2.17. The van der Waals surface area contributed by atoms with Crippen LogP contribution in [0.1, 0.15) is 19.0 Å². The lowest BCUT2D eigenvalue weighted by atomic mass is 10.3. The van der Waals surface area contributed by atoms with Crippen LogP contribution in [0.25, 0.3) is 0 Å². The number of nitrogens with one attached hydrogen (secondary N) is 1. The Morgan fingerprint density at radius 3 is 2.88 bits per heavy atom. The minimum Gasteiger partial charge on any atom is -0.379 e. The molecule has 0 atom stereocenters. The normalized spacial score (nSPS) is 10.5. The molecule has 0 saturated carbocycles. The van der Waals surface area contributed by atoms with E-state index in [9.17, 15) is 0 Å². The van der Waals surface area contributed by atoms with Crippen LogP contribution >= 0.6 is 22.6 Å². The van der Waals surface area contributed by atoms with Gasteiger partial charge in [0.05, 0.1) is 12.2 Å². The summed E-state index contributed by atoms with van der Waals surface area (Å²) >= 11 is 2.34. The van der Waals surface area contributed by atoms with Crippen LogP contribution in [0.5, 0.6) is 0 Å². The largest absolute Gasteiger partial charge is 0.379 e. The fraction of sp³-hybridized carbons (Fsp3) is 0.308. The molecule has 1 aromatic heterocycles. The second-order valence-electron chi connectivity index (χ2n) is 3.88. The van der Waals surface area contributed by atoms with E-state index in [2.05, 4.69) is 62.8 Å². The van der Waals surface area contributed by atoms with Crippen molar-refractivity contribution in [1.82, 2.24) is 9.78 Å². The highest BCUT2D eigenvalue weighted by Gasteiger charge is 2.02. The van der Waals surface area contributed by atoms with E-state index < -0.39 is 0 Å². The number of benzene rings is 1. The fourth-order valence-corrected chi connectivity index (χ4v) is 2.29. The monoisotopic (exact) mass is 341 g/mol.